The number of hydrogen-bond donors (Lipinski definition) is 0. The molecule has 8 heteroatoms. The van der Waals surface area contributed by atoms with E-state index >= 15 is 0 Å². The summed E-state index contributed by atoms with van der Waals surface area (Å²) in [4.78, 5) is 24.6. The highest BCUT2D eigenvalue weighted by molar-refractivity contribution is 5.74. The number of pyridine rings is 1. The highest BCUT2D eigenvalue weighted by Gasteiger charge is 2.26. The topological polar surface area (TPSA) is 82.3 Å². The number of carbonyl (C=O) groups excluding carboxylic acids is 1. The zero-order valence-corrected chi connectivity index (χ0v) is 10.4. The summed E-state index contributed by atoms with van der Waals surface area (Å²) >= 11 is 0. The minimum Gasteiger partial charge on any atom is -0.466 e. The largest absolute Gasteiger partial charge is 0.466 e. The summed E-state index contributed by atoms with van der Waals surface area (Å²) in [6.45, 7) is 3.14. The second kappa shape index (κ2) is 6.17. The first kappa shape index (κ1) is 14.9. The number of rotatable bonds is 5. The van der Waals surface area contributed by atoms with Crippen LogP contribution < -0.4 is 0 Å². The first-order valence-corrected chi connectivity index (χ1v) is 5.45. The lowest BCUT2D eigenvalue weighted by molar-refractivity contribution is -0.390. The average Bonchev–Trinajstić information content (AvgIpc) is 2.31. The monoisotopic (exact) mass is 274 g/mol. The number of nitro groups is 1. The molecule has 6 nitrogen and oxygen atoms in total. The Morgan fingerprint density at radius 3 is 2.68 bits per heavy atom. The van der Waals surface area contributed by atoms with E-state index < -0.39 is 28.8 Å². The Balaban J connectivity index is 3.22. The number of aryl methyl sites for hydroxylation is 1. The molecule has 104 valence electrons. The van der Waals surface area contributed by atoms with Crippen molar-refractivity contribution in [1.29, 1.82) is 0 Å². The minimum absolute atomic E-state index is 0.00662. The predicted molar refractivity (Wildman–Crippen MR) is 60.9 cm³/mol. The third-order valence-electron chi connectivity index (χ3n) is 2.37. The molecule has 1 aromatic heterocycles. The van der Waals surface area contributed by atoms with Gasteiger partial charge in [0.15, 0.2) is 0 Å². The molecule has 0 amide bonds. The van der Waals surface area contributed by atoms with E-state index in [1.807, 2.05) is 0 Å². The molecule has 0 bridgehead atoms. The second-order valence-corrected chi connectivity index (χ2v) is 3.71. The van der Waals surface area contributed by atoms with Crippen LogP contribution in [0.1, 0.15) is 30.2 Å². The third-order valence-corrected chi connectivity index (χ3v) is 2.37. The molecule has 0 aromatic carbocycles. The number of halogens is 2. The maximum atomic E-state index is 12.5. The summed E-state index contributed by atoms with van der Waals surface area (Å²) in [6.07, 6.45) is -3.28. The molecule has 0 atom stereocenters. The van der Waals surface area contributed by atoms with Crippen molar-refractivity contribution >= 4 is 11.8 Å². The van der Waals surface area contributed by atoms with Gasteiger partial charge in [-0.1, -0.05) is 0 Å². The van der Waals surface area contributed by atoms with Gasteiger partial charge in [-0.05, 0) is 35.4 Å². The minimum atomic E-state index is -2.91. The van der Waals surface area contributed by atoms with Crippen LogP contribution in [-0.4, -0.2) is 22.5 Å². The van der Waals surface area contributed by atoms with Gasteiger partial charge in [-0.15, -0.1) is 0 Å². The highest BCUT2D eigenvalue weighted by atomic mass is 19.3. The van der Waals surface area contributed by atoms with Crippen LogP contribution in [0.25, 0.3) is 0 Å². The van der Waals surface area contributed by atoms with E-state index in [9.17, 15) is 23.7 Å². The molecular formula is C11H12F2N2O4. The maximum absolute atomic E-state index is 12.5. The molecule has 0 aliphatic heterocycles. The lowest BCUT2D eigenvalue weighted by Gasteiger charge is -2.07. The molecule has 1 heterocycles. The number of aromatic nitrogens is 1. The number of ether oxygens (including phenoxy) is 1. The fraction of sp³-hybridized carbons (Fsp3) is 0.455. The molecule has 19 heavy (non-hydrogen) atoms. The van der Waals surface area contributed by atoms with E-state index in [-0.39, 0.29) is 24.2 Å². The number of alkyl halides is 2. The van der Waals surface area contributed by atoms with E-state index in [0.717, 1.165) is 6.07 Å². The molecule has 0 N–H and O–H groups in total. The molecule has 0 aliphatic rings. The quantitative estimate of drug-likeness (QED) is 0.467. The molecule has 0 spiro atoms. The van der Waals surface area contributed by atoms with Crippen molar-refractivity contribution in [3.8, 4) is 0 Å². The van der Waals surface area contributed by atoms with Gasteiger partial charge in [0.25, 0.3) is 0 Å². The fourth-order valence-corrected chi connectivity index (χ4v) is 1.54. The molecule has 0 radical (unpaired) electrons. The van der Waals surface area contributed by atoms with Crippen LogP contribution in [0.15, 0.2) is 6.07 Å². The summed E-state index contributed by atoms with van der Waals surface area (Å²) in [5.74, 6) is -1.40. The Morgan fingerprint density at radius 1 is 1.58 bits per heavy atom. The van der Waals surface area contributed by atoms with Gasteiger partial charge in [0.05, 0.1) is 18.6 Å². The van der Waals surface area contributed by atoms with Crippen molar-refractivity contribution in [2.24, 2.45) is 0 Å². The van der Waals surface area contributed by atoms with Gasteiger partial charge in [-0.3, -0.25) is 4.79 Å². The molecular weight excluding hydrogens is 262 g/mol. The van der Waals surface area contributed by atoms with E-state index in [1.165, 1.54) is 6.92 Å². The number of hydrogen-bond acceptors (Lipinski definition) is 5. The van der Waals surface area contributed by atoms with Crippen molar-refractivity contribution in [2.45, 2.75) is 26.7 Å². The number of carbonyl (C=O) groups is 1. The van der Waals surface area contributed by atoms with Crippen LogP contribution in [0.2, 0.25) is 0 Å². The van der Waals surface area contributed by atoms with Gasteiger partial charge in [-0.25, -0.2) is 8.78 Å². The summed E-state index contributed by atoms with van der Waals surface area (Å²) in [6, 6.07) is 1.03. The summed E-state index contributed by atoms with van der Waals surface area (Å²) in [5.41, 5.74) is -0.477. The summed E-state index contributed by atoms with van der Waals surface area (Å²) in [7, 11) is 0. The van der Waals surface area contributed by atoms with Crippen LogP contribution in [0.4, 0.5) is 14.6 Å². The lowest BCUT2D eigenvalue weighted by atomic mass is 10.1. The van der Waals surface area contributed by atoms with Crippen LogP contribution in [-0.2, 0) is 16.0 Å². The molecule has 0 aliphatic carbocycles. The van der Waals surface area contributed by atoms with Crippen LogP contribution in [0, 0.1) is 17.0 Å². The lowest BCUT2D eigenvalue weighted by Crippen LogP contribution is -2.12. The van der Waals surface area contributed by atoms with Gasteiger partial charge in [0, 0.05) is 0 Å². The van der Waals surface area contributed by atoms with Gasteiger partial charge >= 0.3 is 18.2 Å². The molecule has 0 saturated heterocycles. The van der Waals surface area contributed by atoms with Crippen LogP contribution >= 0.6 is 0 Å². The van der Waals surface area contributed by atoms with Crippen LogP contribution in [0.3, 0.4) is 0 Å². The molecule has 0 unspecified atom stereocenters. The molecule has 0 fully saturated rings. The molecule has 1 aromatic rings. The average molecular weight is 274 g/mol. The third kappa shape index (κ3) is 3.67. The zero-order valence-electron chi connectivity index (χ0n) is 10.4. The van der Waals surface area contributed by atoms with Crippen molar-refractivity contribution in [1.82, 2.24) is 4.98 Å². The Hall–Kier alpha value is -2.12. The van der Waals surface area contributed by atoms with E-state index in [1.54, 1.807) is 6.92 Å². The molecule has 1 rings (SSSR count). The van der Waals surface area contributed by atoms with Gasteiger partial charge in [-0.2, -0.15) is 0 Å². The predicted octanol–water partition coefficient (Wildman–Crippen LogP) is 2.34. The van der Waals surface area contributed by atoms with E-state index in [2.05, 4.69) is 9.72 Å². The van der Waals surface area contributed by atoms with Gasteiger partial charge in [0.2, 0.25) is 5.69 Å². The van der Waals surface area contributed by atoms with Crippen molar-refractivity contribution in [2.75, 3.05) is 6.61 Å². The normalized spacial score (nSPS) is 10.6. The Kier molecular flexibility index (Phi) is 4.85. The fourth-order valence-electron chi connectivity index (χ4n) is 1.54. The number of nitrogens with zero attached hydrogens (tertiary/aromatic N) is 2. The van der Waals surface area contributed by atoms with Crippen molar-refractivity contribution in [3.63, 3.8) is 0 Å². The SMILES string of the molecule is CCOC(=O)Cc1c(C)cc(C(F)F)nc1[N+](=O)[O-]. The van der Waals surface area contributed by atoms with E-state index in [4.69, 9.17) is 0 Å². The molecule has 0 saturated carbocycles. The van der Waals surface area contributed by atoms with Gasteiger partial charge < -0.3 is 14.9 Å². The standard InChI is InChI=1S/C11H12F2N2O4/c1-3-19-9(16)5-7-6(2)4-8(10(12)13)14-11(7)15(17)18/h4,10H,3,5H2,1-2H3. The number of esters is 1. The Bertz CT molecular complexity index is 506. The van der Waals surface area contributed by atoms with Crippen molar-refractivity contribution in [3.05, 3.63) is 33.0 Å². The maximum Gasteiger partial charge on any atom is 0.367 e. The smallest absolute Gasteiger partial charge is 0.367 e. The van der Waals surface area contributed by atoms with Crippen LogP contribution in [0.5, 0.6) is 0 Å². The first-order valence-electron chi connectivity index (χ1n) is 5.45. The second-order valence-electron chi connectivity index (χ2n) is 3.71. The first-order chi connectivity index (χ1) is 8.86. The highest BCUT2D eigenvalue weighted by Crippen LogP contribution is 2.26. The van der Waals surface area contributed by atoms with E-state index in [0.29, 0.717) is 0 Å². The van der Waals surface area contributed by atoms with Crippen molar-refractivity contribution < 1.29 is 23.2 Å². The Labute approximate surface area is 107 Å². The zero-order chi connectivity index (χ0) is 14.6. The summed E-state index contributed by atoms with van der Waals surface area (Å²) in [5, 5.41) is 10.8. The van der Waals surface area contributed by atoms with Gasteiger partial charge in [0.1, 0.15) is 0 Å². The summed E-state index contributed by atoms with van der Waals surface area (Å²) < 4.78 is 29.7. The Morgan fingerprint density at radius 2 is 2.21 bits per heavy atom.